The summed E-state index contributed by atoms with van der Waals surface area (Å²) in [6, 6.07) is 1.39. The molecule has 0 unspecified atom stereocenters. The van der Waals surface area contributed by atoms with Gasteiger partial charge in [0.15, 0.2) is 5.75 Å². The normalized spacial score (nSPS) is 15.7. The summed E-state index contributed by atoms with van der Waals surface area (Å²) in [5, 5.41) is 12.5. The first kappa shape index (κ1) is 7.36. The highest BCUT2D eigenvalue weighted by Crippen LogP contribution is 2.12. The van der Waals surface area contributed by atoms with Crippen molar-refractivity contribution in [1.82, 2.24) is 9.88 Å². The van der Waals surface area contributed by atoms with Gasteiger partial charge < -0.3 is 15.0 Å². The Balaban J connectivity index is 2.61. The van der Waals surface area contributed by atoms with Crippen LogP contribution in [0.1, 0.15) is 5.69 Å². The summed E-state index contributed by atoms with van der Waals surface area (Å²) in [7, 11) is 0. The zero-order chi connectivity index (χ0) is 8.55. The molecular weight excluding hydrogens is 156 g/mol. The van der Waals surface area contributed by atoms with Crippen molar-refractivity contribution in [2.75, 3.05) is 6.54 Å². The number of fused-ring (bicyclic) bond motifs is 1. The van der Waals surface area contributed by atoms with Crippen molar-refractivity contribution in [2.45, 2.75) is 13.1 Å². The number of nitrogens with zero attached hydrogens (tertiary/aromatic N) is 1. The third kappa shape index (κ3) is 1.00. The van der Waals surface area contributed by atoms with E-state index in [1.807, 2.05) is 4.57 Å². The van der Waals surface area contributed by atoms with Gasteiger partial charge >= 0.3 is 0 Å². The second kappa shape index (κ2) is 2.64. The van der Waals surface area contributed by atoms with Crippen molar-refractivity contribution >= 4 is 0 Å². The Morgan fingerprint density at radius 1 is 1.58 bits per heavy atom. The molecule has 0 fully saturated rings. The highest BCUT2D eigenvalue weighted by Gasteiger charge is 2.12. The van der Waals surface area contributed by atoms with Gasteiger partial charge in [-0.1, -0.05) is 0 Å². The van der Waals surface area contributed by atoms with Crippen molar-refractivity contribution in [3.05, 3.63) is 28.2 Å². The number of hydrogen-bond acceptors (Lipinski definition) is 3. The predicted octanol–water partition coefficient (Wildman–Crippen LogP) is -0.343. The van der Waals surface area contributed by atoms with Crippen LogP contribution >= 0.6 is 0 Å². The molecule has 4 nitrogen and oxygen atoms in total. The zero-order valence-electron chi connectivity index (χ0n) is 6.58. The third-order valence-corrected chi connectivity index (χ3v) is 2.08. The summed E-state index contributed by atoms with van der Waals surface area (Å²) in [5.41, 5.74) is 0.388. The first-order chi connectivity index (χ1) is 5.79. The lowest BCUT2D eigenvalue weighted by Crippen LogP contribution is -2.30. The largest absolute Gasteiger partial charge is 0.503 e. The minimum atomic E-state index is -0.301. The number of pyridine rings is 1. The van der Waals surface area contributed by atoms with Crippen molar-refractivity contribution in [3.63, 3.8) is 0 Å². The fraction of sp³-hybridized carbons (Fsp3) is 0.375. The summed E-state index contributed by atoms with van der Waals surface area (Å²) in [6.07, 6.45) is 1.72. The molecule has 0 saturated carbocycles. The summed E-state index contributed by atoms with van der Waals surface area (Å²) >= 11 is 0. The highest BCUT2D eigenvalue weighted by molar-refractivity contribution is 5.27. The molecule has 0 bridgehead atoms. The van der Waals surface area contributed by atoms with E-state index in [9.17, 15) is 9.90 Å². The van der Waals surface area contributed by atoms with Crippen LogP contribution in [0.2, 0.25) is 0 Å². The van der Waals surface area contributed by atoms with Gasteiger partial charge in [0.2, 0.25) is 5.43 Å². The first-order valence-corrected chi connectivity index (χ1v) is 3.91. The molecule has 4 heteroatoms. The number of aromatic nitrogens is 1. The Labute approximate surface area is 69.5 Å². The molecular formula is C8H10N2O2. The van der Waals surface area contributed by atoms with E-state index >= 15 is 0 Å². The van der Waals surface area contributed by atoms with Gasteiger partial charge in [-0.2, -0.15) is 0 Å². The van der Waals surface area contributed by atoms with Crippen molar-refractivity contribution in [2.24, 2.45) is 0 Å². The molecule has 0 amide bonds. The molecule has 0 aromatic carbocycles. The average Bonchev–Trinajstić information content (AvgIpc) is 2.12. The fourth-order valence-electron chi connectivity index (χ4n) is 1.41. The van der Waals surface area contributed by atoms with Crippen molar-refractivity contribution in [1.29, 1.82) is 0 Å². The maximum absolute atomic E-state index is 11.0. The van der Waals surface area contributed by atoms with Crippen LogP contribution < -0.4 is 10.7 Å². The maximum Gasteiger partial charge on any atom is 0.223 e. The summed E-state index contributed by atoms with van der Waals surface area (Å²) in [6.45, 7) is 2.26. The molecule has 1 aromatic rings. The lowest BCUT2D eigenvalue weighted by atomic mass is 10.2. The second-order valence-electron chi connectivity index (χ2n) is 2.85. The Hall–Kier alpha value is -1.29. The Kier molecular flexibility index (Phi) is 1.62. The lowest BCUT2D eigenvalue weighted by molar-refractivity contribution is 0.422. The molecule has 1 aromatic heterocycles. The fourth-order valence-corrected chi connectivity index (χ4v) is 1.41. The molecule has 0 aliphatic carbocycles. The van der Waals surface area contributed by atoms with Crippen LogP contribution in [0, 0.1) is 0 Å². The maximum atomic E-state index is 11.0. The van der Waals surface area contributed by atoms with E-state index in [1.165, 1.54) is 6.07 Å². The molecule has 64 valence electrons. The molecule has 1 aliphatic heterocycles. The van der Waals surface area contributed by atoms with Crippen LogP contribution in [-0.2, 0) is 13.1 Å². The Bertz CT molecular complexity index is 357. The molecule has 2 heterocycles. The average molecular weight is 166 g/mol. The van der Waals surface area contributed by atoms with Gasteiger partial charge in [-0.15, -0.1) is 0 Å². The van der Waals surface area contributed by atoms with Crippen LogP contribution in [0.15, 0.2) is 17.1 Å². The van der Waals surface area contributed by atoms with E-state index in [2.05, 4.69) is 5.32 Å². The van der Waals surface area contributed by atoms with E-state index in [0.717, 1.165) is 13.1 Å². The Morgan fingerprint density at radius 3 is 3.25 bits per heavy atom. The molecule has 0 radical (unpaired) electrons. The highest BCUT2D eigenvalue weighted by atomic mass is 16.3. The standard InChI is InChI=1S/C8H10N2O2/c11-7-1-3-10-4-2-9-5-6(10)8(7)12/h1,3,9,12H,2,4-5H2. The Morgan fingerprint density at radius 2 is 2.42 bits per heavy atom. The molecule has 0 spiro atoms. The van der Waals surface area contributed by atoms with Gasteiger partial charge in [-0.3, -0.25) is 4.79 Å². The number of aromatic hydroxyl groups is 1. The molecule has 1 aliphatic rings. The topological polar surface area (TPSA) is 54.3 Å². The molecule has 2 rings (SSSR count). The number of hydrogen-bond donors (Lipinski definition) is 2. The van der Waals surface area contributed by atoms with E-state index in [4.69, 9.17) is 0 Å². The molecule has 0 atom stereocenters. The second-order valence-corrected chi connectivity index (χ2v) is 2.85. The zero-order valence-corrected chi connectivity index (χ0v) is 6.58. The number of nitrogens with one attached hydrogen (secondary N) is 1. The third-order valence-electron chi connectivity index (χ3n) is 2.08. The van der Waals surface area contributed by atoms with E-state index < -0.39 is 0 Å². The molecule has 12 heavy (non-hydrogen) atoms. The van der Waals surface area contributed by atoms with Gasteiger partial charge in [0.05, 0.1) is 5.69 Å². The minimum absolute atomic E-state index is 0.121. The SMILES string of the molecule is O=c1ccn2c(c1O)CNCC2. The predicted molar refractivity (Wildman–Crippen MR) is 44.1 cm³/mol. The van der Waals surface area contributed by atoms with Crippen LogP contribution in [0.25, 0.3) is 0 Å². The van der Waals surface area contributed by atoms with E-state index in [-0.39, 0.29) is 11.2 Å². The van der Waals surface area contributed by atoms with Gasteiger partial charge in [0, 0.05) is 31.9 Å². The molecule has 2 N–H and O–H groups in total. The lowest BCUT2D eigenvalue weighted by Gasteiger charge is -2.20. The monoisotopic (exact) mass is 166 g/mol. The van der Waals surface area contributed by atoms with Crippen LogP contribution in [0.3, 0.4) is 0 Å². The summed E-state index contributed by atoms with van der Waals surface area (Å²) in [4.78, 5) is 11.0. The van der Waals surface area contributed by atoms with Crippen LogP contribution in [-0.4, -0.2) is 16.2 Å². The quantitative estimate of drug-likeness (QED) is 0.554. The summed E-state index contributed by atoms with van der Waals surface area (Å²) < 4.78 is 1.90. The molecule has 0 saturated heterocycles. The van der Waals surface area contributed by atoms with Gasteiger partial charge in [0.25, 0.3) is 0 Å². The summed E-state index contributed by atoms with van der Waals surface area (Å²) in [5.74, 6) is -0.121. The first-order valence-electron chi connectivity index (χ1n) is 3.91. The van der Waals surface area contributed by atoms with Gasteiger partial charge in [0.1, 0.15) is 0 Å². The van der Waals surface area contributed by atoms with Crippen molar-refractivity contribution < 1.29 is 5.11 Å². The van der Waals surface area contributed by atoms with Gasteiger partial charge in [-0.25, -0.2) is 0 Å². The smallest absolute Gasteiger partial charge is 0.223 e. The van der Waals surface area contributed by atoms with E-state index in [0.29, 0.717) is 12.2 Å². The minimum Gasteiger partial charge on any atom is -0.503 e. The van der Waals surface area contributed by atoms with Crippen molar-refractivity contribution in [3.8, 4) is 5.75 Å². The van der Waals surface area contributed by atoms with Gasteiger partial charge in [-0.05, 0) is 0 Å². The van der Waals surface area contributed by atoms with E-state index in [1.54, 1.807) is 6.20 Å². The number of rotatable bonds is 0. The van der Waals surface area contributed by atoms with Crippen LogP contribution in [0.5, 0.6) is 5.75 Å². The van der Waals surface area contributed by atoms with Crippen LogP contribution in [0.4, 0.5) is 0 Å².